The van der Waals surface area contributed by atoms with Crippen LogP contribution >= 0.6 is 23.2 Å². The molecule has 1 aromatic carbocycles. The van der Waals surface area contributed by atoms with E-state index in [4.69, 9.17) is 27.9 Å². The molecule has 1 nitrogen and oxygen atoms in total. The molecule has 1 aliphatic heterocycles. The van der Waals surface area contributed by atoms with Crippen LogP contribution in [0.15, 0.2) is 24.3 Å². The number of hydrogen-bond donors (Lipinski definition) is 0. The minimum absolute atomic E-state index is 0.109. The van der Waals surface area contributed by atoms with Crippen LogP contribution in [0.1, 0.15) is 18.9 Å². The lowest BCUT2D eigenvalue weighted by Gasteiger charge is -2.20. The summed E-state index contributed by atoms with van der Waals surface area (Å²) in [7, 11) is 0. The fraction of sp³-hybridized carbons (Fsp3) is 0.538. The van der Waals surface area contributed by atoms with Crippen molar-refractivity contribution < 1.29 is 4.74 Å². The molecular weight excluding hydrogens is 243 g/mol. The Morgan fingerprint density at radius 1 is 1.44 bits per heavy atom. The normalized spacial score (nSPS) is 26.9. The highest BCUT2D eigenvalue weighted by Gasteiger charge is 2.30. The fourth-order valence-corrected chi connectivity index (χ4v) is 2.96. The van der Waals surface area contributed by atoms with E-state index in [2.05, 4.69) is 6.92 Å². The number of benzene rings is 1. The molecule has 2 rings (SSSR count). The van der Waals surface area contributed by atoms with Crippen LogP contribution in [-0.4, -0.2) is 18.1 Å². The van der Waals surface area contributed by atoms with Gasteiger partial charge in [0.05, 0.1) is 6.10 Å². The quantitative estimate of drug-likeness (QED) is 0.748. The van der Waals surface area contributed by atoms with Gasteiger partial charge in [-0.25, -0.2) is 0 Å². The first-order valence-corrected chi connectivity index (χ1v) is 6.49. The molecule has 1 aromatic rings. The molecule has 0 radical (unpaired) electrons. The summed E-state index contributed by atoms with van der Waals surface area (Å²) in [5, 5.41) is 0.914. The topological polar surface area (TPSA) is 9.23 Å². The molecule has 0 saturated carbocycles. The highest BCUT2D eigenvalue weighted by Crippen LogP contribution is 2.30. The number of rotatable bonds is 3. The Bertz CT molecular complexity index is 354. The summed E-state index contributed by atoms with van der Waals surface area (Å²) in [4.78, 5) is 0. The number of hydrogen-bond acceptors (Lipinski definition) is 1. The molecule has 0 spiro atoms. The zero-order valence-electron chi connectivity index (χ0n) is 9.33. The van der Waals surface area contributed by atoms with Crippen molar-refractivity contribution in [1.29, 1.82) is 0 Å². The Labute approximate surface area is 107 Å². The fourth-order valence-electron chi connectivity index (χ4n) is 2.25. The van der Waals surface area contributed by atoms with Gasteiger partial charge in [0.25, 0.3) is 0 Å². The molecule has 0 amide bonds. The van der Waals surface area contributed by atoms with Crippen molar-refractivity contribution in [3.05, 3.63) is 34.9 Å². The second kappa shape index (κ2) is 5.39. The zero-order valence-corrected chi connectivity index (χ0v) is 10.8. The summed E-state index contributed by atoms with van der Waals surface area (Å²) in [5.74, 6) is 0.443. The van der Waals surface area contributed by atoms with Crippen LogP contribution in [0.25, 0.3) is 0 Å². The second-order valence-corrected chi connectivity index (χ2v) is 5.31. The van der Waals surface area contributed by atoms with Gasteiger partial charge in [-0.05, 0) is 31.4 Å². The van der Waals surface area contributed by atoms with Crippen molar-refractivity contribution in [1.82, 2.24) is 0 Å². The Balaban J connectivity index is 2.02. The lowest BCUT2D eigenvalue weighted by atomic mass is 9.94. The molecule has 3 atom stereocenters. The number of alkyl halides is 1. The van der Waals surface area contributed by atoms with E-state index in [1.807, 2.05) is 24.3 Å². The maximum absolute atomic E-state index is 6.45. The molecule has 0 N–H and O–H groups in total. The lowest BCUT2D eigenvalue weighted by Crippen LogP contribution is -2.23. The van der Waals surface area contributed by atoms with Crippen molar-refractivity contribution in [2.75, 3.05) is 6.61 Å². The SMILES string of the molecule is CC1OCCC1C(Cl)Cc1ccccc1Cl. The molecule has 88 valence electrons. The number of ether oxygens (including phenoxy) is 1. The molecule has 1 aliphatic rings. The van der Waals surface area contributed by atoms with Gasteiger partial charge in [0, 0.05) is 22.9 Å². The van der Waals surface area contributed by atoms with Crippen LogP contribution in [0.4, 0.5) is 0 Å². The van der Waals surface area contributed by atoms with Crippen LogP contribution in [0.3, 0.4) is 0 Å². The van der Waals surface area contributed by atoms with E-state index >= 15 is 0 Å². The first-order chi connectivity index (χ1) is 7.68. The molecule has 1 saturated heterocycles. The van der Waals surface area contributed by atoms with Gasteiger partial charge < -0.3 is 4.74 Å². The molecule has 16 heavy (non-hydrogen) atoms. The van der Waals surface area contributed by atoms with Gasteiger partial charge in [0.1, 0.15) is 0 Å². The third-order valence-corrected chi connectivity index (χ3v) is 4.12. The third-order valence-electron chi connectivity index (χ3n) is 3.27. The smallest absolute Gasteiger partial charge is 0.0590 e. The predicted molar refractivity (Wildman–Crippen MR) is 68.3 cm³/mol. The standard InChI is InChI=1S/C13H16Cl2O/c1-9-11(6-7-16-9)13(15)8-10-4-2-3-5-12(10)14/h2-5,9,11,13H,6-8H2,1H3. The van der Waals surface area contributed by atoms with E-state index < -0.39 is 0 Å². The second-order valence-electron chi connectivity index (χ2n) is 4.34. The highest BCUT2D eigenvalue weighted by atomic mass is 35.5. The van der Waals surface area contributed by atoms with Crippen molar-refractivity contribution in [3.63, 3.8) is 0 Å². The third kappa shape index (κ3) is 2.71. The molecule has 0 aliphatic carbocycles. The van der Waals surface area contributed by atoms with Crippen LogP contribution in [0.5, 0.6) is 0 Å². The van der Waals surface area contributed by atoms with E-state index in [9.17, 15) is 0 Å². The van der Waals surface area contributed by atoms with Crippen LogP contribution < -0.4 is 0 Å². The van der Waals surface area contributed by atoms with E-state index in [0.29, 0.717) is 5.92 Å². The Morgan fingerprint density at radius 2 is 2.19 bits per heavy atom. The largest absolute Gasteiger partial charge is 0.378 e. The summed E-state index contributed by atoms with van der Waals surface area (Å²) < 4.78 is 5.54. The molecular formula is C13H16Cl2O. The summed E-state index contributed by atoms with van der Waals surface area (Å²) in [6.07, 6.45) is 2.14. The molecule has 3 unspecified atom stereocenters. The predicted octanol–water partition coefficient (Wildman–Crippen LogP) is 3.91. The molecule has 3 heteroatoms. The molecule has 0 bridgehead atoms. The van der Waals surface area contributed by atoms with Crippen molar-refractivity contribution >= 4 is 23.2 Å². The maximum Gasteiger partial charge on any atom is 0.0590 e. The minimum atomic E-state index is 0.109. The highest BCUT2D eigenvalue weighted by molar-refractivity contribution is 6.31. The van der Waals surface area contributed by atoms with Gasteiger partial charge in [0.2, 0.25) is 0 Å². The average Bonchev–Trinajstić information content (AvgIpc) is 2.68. The van der Waals surface area contributed by atoms with Crippen LogP contribution in [0.2, 0.25) is 5.02 Å². The summed E-state index contributed by atoms with van der Waals surface area (Å²) >= 11 is 12.6. The zero-order chi connectivity index (χ0) is 11.5. The summed E-state index contributed by atoms with van der Waals surface area (Å²) in [5.41, 5.74) is 1.13. The minimum Gasteiger partial charge on any atom is -0.378 e. The van der Waals surface area contributed by atoms with Crippen molar-refractivity contribution in [2.24, 2.45) is 5.92 Å². The Kier molecular flexibility index (Phi) is 4.12. The van der Waals surface area contributed by atoms with Gasteiger partial charge in [-0.3, -0.25) is 0 Å². The first kappa shape index (κ1) is 12.2. The van der Waals surface area contributed by atoms with Crippen molar-refractivity contribution in [2.45, 2.75) is 31.2 Å². The van der Waals surface area contributed by atoms with Gasteiger partial charge in [0.15, 0.2) is 0 Å². The van der Waals surface area contributed by atoms with E-state index in [-0.39, 0.29) is 11.5 Å². The molecule has 1 heterocycles. The van der Waals surface area contributed by atoms with Crippen LogP contribution in [0, 0.1) is 5.92 Å². The van der Waals surface area contributed by atoms with E-state index in [1.165, 1.54) is 0 Å². The van der Waals surface area contributed by atoms with Gasteiger partial charge >= 0.3 is 0 Å². The van der Waals surface area contributed by atoms with Gasteiger partial charge in [-0.1, -0.05) is 29.8 Å². The monoisotopic (exact) mass is 258 g/mol. The van der Waals surface area contributed by atoms with Gasteiger partial charge in [-0.2, -0.15) is 0 Å². The average molecular weight is 259 g/mol. The van der Waals surface area contributed by atoms with E-state index in [1.54, 1.807) is 0 Å². The van der Waals surface area contributed by atoms with Crippen LogP contribution in [-0.2, 0) is 11.2 Å². The summed E-state index contributed by atoms with van der Waals surface area (Å²) in [6, 6.07) is 7.89. The van der Waals surface area contributed by atoms with E-state index in [0.717, 1.165) is 30.0 Å². The number of halogens is 2. The Morgan fingerprint density at radius 3 is 2.81 bits per heavy atom. The Hall–Kier alpha value is -0.240. The lowest BCUT2D eigenvalue weighted by molar-refractivity contribution is 0.105. The first-order valence-electron chi connectivity index (χ1n) is 5.67. The summed E-state index contributed by atoms with van der Waals surface area (Å²) in [6.45, 7) is 2.93. The van der Waals surface area contributed by atoms with Crippen molar-refractivity contribution in [3.8, 4) is 0 Å². The van der Waals surface area contributed by atoms with Gasteiger partial charge in [-0.15, -0.1) is 11.6 Å². The maximum atomic E-state index is 6.45. The molecule has 1 fully saturated rings. The molecule has 0 aromatic heterocycles.